The van der Waals surface area contributed by atoms with Crippen LogP contribution in [0.4, 0.5) is 0 Å². The van der Waals surface area contributed by atoms with Gasteiger partial charge in [0, 0.05) is 11.6 Å². The molecule has 1 aromatic carbocycles. The van der Waals surface area contributed by atoms with Crippen LogP contribution in [0.15, 0.2) is 46.3 Å². The van der Waals surface area contributed by atoms with Gasteiger partial charge in [-0.1, -0.05) is 22.9 Å². The monoisotopic (exact) mass is 312 g/mol. The topological polar surface area (TPSA) is 55.1 Å². The molecule has 0 aliphatic heterocycles. The standard InChI is InChI=1S/C17H16N2O2S/c1-11-3-5-13(6-4-11)17(20)18-9-14-8-15(19-21-14)16-7-12(2)10-22-16/h3-8,10H,9H2,1-2H3,(H,18,20). The number of carbonyl (C=O) groups is 1. The number of hydrogen-bond acceptors (Lipinski definition) is 4. The molecular weight excluding hydrogens is 296 g/mol. The van der Waals surface area contributed by atoms with Gasteiger partial charge in [0.15, 0.2) is 5.76 Å². The molecule has 0 unspecified atom stereocenters. The minimum absolute atomic E-state index is 0.120. The Morgan fingerprint density at radius 2 is 1.95 bits per heavy atom. The molecule has 0 atom stereocenters. The molecule has 4 nitrogen and oxygen atoms in total. The third-order valence-electron chi connectivity index (χ3n) is 3.28. The van der Waals surface area contributed by atoms with Gasteiger partial charge in [0.25, 0.3) is 5.91 Å². The average Bonchev–Trinajstić information content (AvgIpc) is 3.14. The Hall–Kier alpha value is -2.40. The van der Waals surface area contributed by atoms with Crippen molar-refractivity contribution in [3.8, 4) is 10.6 Å². The largest absolute Gasteiger partial charge is 0.359 e. The lowest BCUT2D eigenvalue weighted by Crippen LogP contribution is -2.22. The summed E-state index contributed by atoms with van der Waals surface area (Å²) in [5.74, 6) is 0.520. The fraction of sp³-hybridized carbons (Fsp3) is 0.176. The van der Waals surface area contributed by atoms with Crippen LogP contribution in [0.1, 0.15) is 27.2 Å². The molecule has 0 radical (unpaired) electrons. The van der Waals surface area contributed by atoms with Crippen LogP contribution in [0.25, 0.3) is 10.6 Å². The summed E-state index contributed by atoms with van der Waals surface area (Å²) in [6.07, 6.45) is 0. The lowest BCUT2D eigenvalue weighted by Gasteiger charge is -2.02. The number of amides is 1. The van der Waals surface area contributed by atoms with E-state index in [1.807, 2.05) is 44.2 Å². The Morgan fingerprint density at radius 1 is 1.18 bits per heavy atom. The second-order valence-electron chi connectivity index (χ2n) is 5.22. The van der Waals surface area contributed by atoms with Crippen molar-refractivity contribution in [1.82, 2.24) is 10.5 Å². The lowest BCUT2D eigenvalue weighted by molar-refractivity contribution is 0.0947. The minimum atomic E-state index is -0.120. The second kappa shape index (κ2) is 6.15. The molecule has 0 fully saturated rings. The first kappa shape index (κ1) is 14.5. The van der Waals surface area contributed by atoms with Crippen LogP contribution in [-0.2, 0) is 6.54 Å². The summed E-state index contributed by atoms with van der Waals surface area (Å²) in [6, 6.07) is 11.4. The summed E-state index contributed by atoms with van der Waals surface area (Å²) in [4.78, 5) is 13.1. The number of rotatable bonds is 4. The molecule has 112 valence electrons. The van der Waals surface area contributed by atoms with Crippen molar-refractivity contribution in [2.45, 2.75) is 20.4 Å². The van der Waals surface area contributed by atoms with E-state index >= 15 is 0 Å². The Bertz CT molecular complexity index is 787. The van der Waals surface area contributed by atoms with Crippen LogP contribution in [0, 0.1) is 13.8 Å². The normalized spacial score (nSPS) is 10.6. The molecule has 3 aromatic rings. The highest BCUT2D eigenvalue weighted by Gasteiger charge is 2.10. The van der Waals surface area contributed by atoms with E-state index in [0.717, 1.165) is 16.1 Å². The van der Waals surface area contributed by atoms with Crippen molar-refractivity contribution in [3.63, 3.8) is 0 Å². The predicted octanol–water partition coefficient (Wildman–Crippen LogP) is 3.95. The summed E-state index contributed by atoms with van der Waals surface area (Å²) in [5.41, 5.74) is 3.77. The van der Waals surface area contributed by atoms with Crippen LogP contribution >= 0.6 is 11.3 Å². The van der Waals surface area contributed by atoms with Gasteiger partial charge >= 0.3 is 0 Å². The van der Waals surface area contributed by atoms with Gasteiger partial charge in [0.05, 0.1) is 11.4 Å². The Balaban J connectivity index is 1.63. The molecule has 5 heteroatoms. The molecular formula is C17H16N2O2S. The van der Waals surface area contributed by atoms with Gasteiger partial charge in [0.2, 0.25) is 0 Å². The molecule has 1 amide bonds. The number of nitrogens with zero attached hydrogens (tertiary/aromatic N) is 1. The number of aromatic nitrogens is 1. The van der Waals surface area contributed by atoms with Crippen molar-refractivity contribution in [1.29, 1.82) is 0 Å². The average molecular weight is 312 g/mol. The Labute approximate surface area is 132 Å². The quantitative estimate of drug-likeness (QED) is 0.793. The number of hydrogen-bond donors (Lipinski definition) is 1. The fourth-order valence-corrected chi connectivity index (χ4v) is 2.90. The van der Waals surface area contributed by atoms with Crippen molar-refractivity contribution in [2.24, 2.45) is 0 Å². The van der Waals surface area contributed by atoms with E-state index in [4.69, 9.17) is 4.52 Å². The predicted molar refractivity (Wildman–Crippen MR) is 86.9 cm³/mol. The van der Waals surface area contributed by atoms with Gasteiger partial charge in [-0.25, -0.2) is 0 Å². The molecule has 0 aliphatic carbocycles. The first-order valence-electron chi connectivity index (χ1n) is 6.98. The minimum Gasteiger partial charge on any atom is -0.359 e. The van der Waals surface area contributed by atoms with Crippen molar-refractivity contribution >= 4 is 17.2 Å². The smallest absolute Gasteiger partial charge is 0.251 e. The Kier molecular flexibility index (Phi) is 4.06. The zero-order valence-corrected chi connectivity index (χ0v) is 13.2. The second-order valence-corrected chi connectivity index (χ2v) is 6.13. The molecule has 0 saturated carbocycles. The zero-order valence-electron chi connectivity index (χ0n) is 12.4. The van der Waals surface area contributed by atoms with E-state index in [9.17, 15) is 4.79 Å². The van der Waals surface area contributed by atoms with Crippen LogP contribution in [-0.4, -0.2) is 11.1 Å². The van der Waals surface area contributed by atoms with Crippen molar-refractivity contribution in [3.05, 3.63) is 64.2 Å². The van der Waals surface area contributed by atoms with Crippen molar-refractivity contribution < 1.29 is 9.32 Å². The highest BCUT2D eigenvalue weighted by molar-refractivity contribution is 7.13. The molecule has 3 rings (SSSR count). The van der Waals surface area contributed by atoms with Gasteiger partial charge in [0.1, 0.15) is 5.69 Å². The van der Waals surface area contributed by atoms with E-state index < -0.39 is 0 Å². The summed E-state index contributed by atoms with van der Waals surface area (Å²) >= 11 is 1.63. The molecule has 0 spiro atoms. The third-order valence-corrected chi connectivity index (χ3v) is 4.35. The number of thiophene rings is 1. The summed E-state index contributed by atoms with van der Waals surface area (Å²) in [5, 5.41) is 8.95. The van der Waals surface area contributed by atoms with E-state index in [2.05, 4.69) is 21.9 Å². The molecule has 22 heavy (non-hydrogen) atoms. The SMILES string of the molecule is Cc1ccc(C(=O)NCc2cc(-c3cc(C)cs3)no2)cc1. The van der Waals surface area contributed by atoms with Gasteiger partial charge in [-0.15, -0.1) is 11.3 Å². The summed E-state index contributed by atoms with van der Waals surface area (Å²) < 4.78 is 5.28. The number of carbonyl (C=O) groups excluding carboxylic acids is 1. The number of aryl methyl sites for hydroxylation is 2. The zero-order chi connectivity index (χ0) is 15.5. The maximum Gasteiger partial charge on any atom is 0.251 e. The van der Waals surface area contributed by atoms with E-state index in [1.165, 1.54) is 5.56 Å². The van der Waals surface area contributed by atoms with E-state index in [-0.39, 0.29) is 5.91 Å². The van der Waals surface area contributed by atoms with Crippen molar-refractivity contribution in [2.75, 3.05) is 0 Å². The third kappa shape index (κ3) is 3.26. The highest BCUT2D eigenvalue weighted by Crippen LogP contribution is 2.26. The van der Waals surface area contributed by atoms with Gasteiger partial charge in [-0.05, 0) is 43.0 Å². The van der Waals surface area contributed by atoms with E-state index in [1.54, 1.807) is 11.3 Å². The molecule has 2 heterocycles. The summed E-state index contributed by atoms with van der Waals surface area (Å²) in [6.45, 7) is 4.36. The molecule has 2 aromatic heterocycles. The van der Waals surface area contributed by atoms with Crippen LogP contribution < -0.4 is 5.32 Å². The van der Waals surface area contributed by atoms with Crippen LogP contribution in [0.3, 0.4) is 0 Å². The Morgan fingerprint density at radius 3 is 2.64 bits per heavy atom. The molecule has 0 bridgehead atoms. The van der Waals surface area contributed by atoms with E-state index in [0.29, 0.717) is 17.9 Å². The first-order valence-corrected chi connectivity index (χ1v) is 7.86. The van der Waals surface area contributed by atoms with Gasteiger partial charge in [-0.3, -0.25) is 4.79 Å². The molecule has 1 N–H and O–H groups in total. The maximum atomic E-state index is 12.0. The summed E-state index contributed by atoms with van der Waals surface area (Å²) in [7, 11) is 0. The molecule has 0 aliphatic rings. The highest BCUT2D eigenvalue weighted by atomic mass is 32.1. The first-order chi connectivity index (χ1) is 10.6. The maximum absolute atomic E-state index is 12.0. The number of benzene rings is 1. The van der Waals surface area contributed by atoms with Crippen LogP contribution in [0.2, 0.25) is 0 Å². The molecule has 0 saturated heterocycles. The fourth-order valence-electron chi connectivity index (χ4n) is 2.05. The van der Waals surface area contributed by atoms with Gasteiger partial charge in [-0.2, -0.15) is 0 Å². The lowest BCUT2D eigenvalue weighted by atomic mass is 10.1. The number of nitrogens with one attached hydrogen (secondary N) is 1. The van der Waals surface area contributed by atoms with Crippen LogP contribution in [0.5, 0.6) is 0 Å². The van der Waals surface area contributed by atoms with Gasteiger partial charge < -0.3 is 9.84 Å².